The van der Waals surface area contributed by atoms with E-state index in [9.17, 15) is 5.11 Å². The van der Waals surface area contributed by atoms with E-state index in [2.05, 4.69) is 35.4 Å². The van der Waals surface area contributed by atoms with Gasteiger partial charge in [-0.15, -0.1) is 6.58 Å². The molecule has 2 unspecified atom stereocenters. The molecule has 0 saturated carbocycles. The van der Waals surface area contributed by atoms with Crippen LogP contribution >= 0.6 is 0 Å². The van der Waals surface area contributed by atoms with E-state index < -0.39 is 0 Å². The molecular formula is C23H36N2O3. The summed E-state index contributed by atoms with van der Waals surface area (Å²) in [5.74, 6) is 2.18. The number of hydrogen-bond donors (Lipinski definition) is 1. The third-order valence-electron chi connectivity index (χ3n) is 6.23. The Morgan fingerprint density at radius 3 is 2.61 bits per heavy atom. The van der Waals surface area contributed by atoms with Gasteiger partial charge in [0.25, 0.3) is 0 Å². The molecule has 0 aromatic heterocycles. The lowest BCUT2D eigenvalue weighted by molar-refractivity contribution is 0.111. The number of allylic oxidation sites excluding steroid dienone is 1. The monoisotopic (exact) mass is 388 g/mol. The van der Waals surface area contributed by atoms with Gasteiger partial charge in [-0.25, -0.2) is 0 Å². The summed E-state index contributed by atoms with van der Waals surface area (Å²) in [7, 11) is 1.70. The summed E-state index contributed by atoms with van der Waals surface area (Å²) in [4.78, 5) is 5.03. The Balaban J connectivity index is 1.76. The van der Waals surface area contributed by atoms with E-state index >= 15 is 0 Å². The Labute approximate surface area is 169 Å². The predicted molar refractivity (Wildman–Crippen MR) is 113 cm³/mol. The topological polar surface area (TPSA) is 45.2 Å². The fourth-order valence-corrected chi connectivity index (χ4v) is 5.07. The molecule has 0 amide bonds. The van der Waals surface area contributed by atoms with E-state index in [0.29, 0.717) is 12.5 Å². The molecule has 0 spiro atoms. The van der Waals surface area contributed by atoms with Crippen molar-refractivity contribution < 1.29 is 14.6 Å². The van der Waals surface area contributed by atoms with Gasteiger partial charge in [-0.1, -0.05) is 19.1 Å². The lowest BCUT2D eigenvalue weighted by atomic mass is 9.82. The molecule has 3 rings (SSSR count). The third kappa shape index (κ3) is 4.22. The van der Waals surface area contributed by atoms with E-state index in [1.54, 1.807) is 7.11 Å². The van der Waals surface area contributed by atoms with Crippen molar-refractivity contribution in [3.63, 3.8) is 0 Å². The molecule has 2 fully saturated rings. The first kappa shape index (κ1) is 21.2. The van der Waals surface area contributed by atoms with E-state index in [-0.39, 0.29) is 12.0 Å². The van der Waals surface area contributed by atoms with Crippen LogP contribution in [0.5, 0.6) is 11.5 Å². The van der Waals surface area contributed by atoms with E-state index in [0.717, 1.165) is 62.8 Å². The number of fused-ring (bicyclic) bond motifs is 1. The van der Waals surface area contributed by atoms with Crippen molar-refractivity contribution in [2.75, 3.05) is 53.0 Å². The fraction of sp³-hybridized carbons (Fsp3) is 0.652. The van der Waals surface area contributed by atoms with Crippen molar-refractivity contribution in [1.29, 1.82) is 0 Å². The van der Waals surface area contributed by atoms with Gasteiger partial charge in [0.2, 0.25) is 0 Å². The summed E-state index contributed by atoms with van der Waals surface area (Å²) in [6.07, 6.45) is 3.84. The van der Waals surface area contributed by atoms with Gasteiger partial charge >= 0.3 is 0 Å². The van der Waals surface area contributed by atoms with E-state index in [4.69, 9.17) is 9.47 Å². The van der Waals surface area contributed by atoms with E-state index in [1.807, 2.05) is 13.0 Å². The summed E-state index contributed by atoms with van der Waals surface area (Å²) in [6.45, 7) is 15.1. The summed E-state index contributed by atoms with van der Waals surface area (Å²) in [6, 6.07) is 4.32. The zero-order valence-corrected chi connectivity index (χ0v) is 17.7. The number of aliphatic hydroxyl groups is 1. The molecule has 28 heavy (non-hydrogen) atoms. The average Bonchev–Trinajstić information content (AvgIpc) is 3.17. The molecule has 1 aromatic rings. The number of methoxy groups -OCH3 is 1. The van der Waals surface area contributed by atoms with Crippen LogP contribution in [0.1, 0.15) is 31.4 Å². The van der Waals surface area contributed by atoms with Crippen LogP contribution < -0.4 is 9.47 Å². The number of ether oxygens (including phenoxy) is 2. The van der Waals surface area contributed by atoms with Gasteiger partial charge in [0.15, 0.2) is 11.5 Å². The number of hydrogen-bond acceptors (Lipinski definition) is 5. The van der Waals surface area contributed by atoms with Gasteiger partial charge in [-0.2, -0.15) is 0 Å². The Bertz CT molecular complexity index is 678. The molecule has 0 radical (unpaired) electrons. The lowest BCUT2D eigenvalue weighted by Gasteiger charge is -2.27. The zero-order valence-electron chi connectivity index (χ0n) is 17.7. The first-order valence-electron chi connectivity index (χ1n) is 10.6. The lowest BCUT2D eigenvalue weighted by Crippen LogP contribution is -2.37. The third-order valence-corrected chi connectivity index (χ3v) is 6.23. The van der Waals surface area contributed by atoms with Crippen LogP contribution in [0.4, 0.5) is 0 Å². The molecule has 156 valence electrons. The quantitative estimate of drug-likeness (QED) is 0.625. The minimum Gasteiger partial charge on any atom is -0.493 e. The second-order valence-corrected chi connectivity index (χ2v) is 8.33. The van der Waals surface area contributed by atoms with Crippen molar-refractivity contribution in [2.45, 2.75) is 33.2 Å². The largest absolute Gasteiger partial charge is 0.493 e. The van der Waals surface area contributed by atoms with Crippen LogP contribution in [0.25, 0.3) is 0 Å². The number of aliphatic hydroxyl groups excluding tert-OH is 1. The molecule has 5 nitrogen and oxygen atoms in total. The Morgan fingerprint density at radius 2 is 2.00 bits per heavy atom. The number of nitrogens with zero attached hydrogens (tertiary/aromatic N) is 2. The van der Waals surface area contributed by atoms with Crippen molar-refractivity contribution in [2.24, 2.45) is 11.3 Å². The van der Waals surface area contributed by atoms with Crippen molar-refractivity contribution >= 4 is 0 Å². The Morgan fingerprint density at radius 1 is 1.25 bits per heavy atom. The Kier molecular flexibility index (Phi) is 7.02. The minimum atomic E-state index is 0.0362. The molecule has 0 bridgehead atoms. The van der Waals surface area contributed by atoms with Gasteiger partial charge in [-0.05, 0) is 43.9 Å². The fourth-order valence-electron chi connectivity index (χ4n) is 5.07. The predicted octanol–water partition coefficient (Wildman–Crippen LogP) is 2.96. The van der Waals surface area contributed by atoms with Gasteiger partial charge in [-0.3, -0.25) is 4.90 Å². The Hall–Kier alpha value is -1.56. The second-order valence-electron chi connectivity index (χ2n) is 8.33. The highest BCUT2D eigenvalue weighted by molar-refractivity contribution is 5.50. The molecule has 2 heterocycles. The van der Waals surface area contributed by atoms with Crippen LogP contribution in [0, 0.1) is 11.3 Å². The highest BCUT2D eigenvalue weighted by Gasteiger charge is 2.51. The molecule has 2 saturated heterocycles. The molecule has 2 aliphatic rings. The van der Waals surface area contributed by atoms with Crippen molar-refractivity contribution in [3.05, 3.63) is 35.9 Å². The summed E-state index contributed by atoms with van der Waals surface area (Å²) < 4.78 is 11.5. The first-order chi connectivity index (χ1) is 13.6. The number of likely N-dealkylation sites (tertiary alicyclic amines) is 2. The number of benzene rings is 1. The summed E-state index contributed by atoms with van der Waals surface area (Å²) >= 11 is 0. The molecular weight excluding hydrogens is 352 g/mol. The minimum absolute atomic E-state index is 0.0362. The van der Waals surface area contributed by atoms with Crippen molar-refractivity contribution in [1.82, 2.24) is 9.80 Å². The molecule has 1 N–H and O–H groups in total. The number of rotatable bonds is 10. The maximum absolute atomic E-state index is 10.2. The molecule has 5 heteroatoms. The zero-order chi connectivity index (χ0) is 20.1. The van der Waals surface area contributed by atoms with Crippen LogP contribution in [0.15, 0.2) is 24.8 Å². The van der Waals surface area contributed by atoms with Crippen LogP contribution in [0.3, 0.4) is 0 Å². The highest BCUT2D eigenvalue weighted by Crippen LogP contribution is 2.43. The highest BCUT2D eigenvalue weighted by atomic mass is 16.5. The second kappa shape index (κ2) is 9.29. The van der Waals surface area contributed by atoms with Crippen LogP contribution in [0.2, 0.25) is 0 Å². The first-order valence-corrected chi connectivity index (χ1v) is 10.6. The smallest absolute Gasteiger partial charge is 0.164 e. The maximum atomic E-state index is 10.2. The molecule has 2 aliphatic heterocycles. The van der Waals surface area contributed by atoms with Crippen LogP contribution in [-0.2, 0) is 13.0 Å². The van der Waals surface area contributed by atoms with Gasteiger partial charge < -0.3 is 19.5 Å². The van der Waals surface area contributed by atoms with Crippen LogP contribution in [-0.4, -0.2) is 68.0 Å². The van der Waals surface area contributed by atoms with Crippen molar-refractivity contribution in [3.8, 4) is 11.5 Å². The summed E-state index contributed by atoms with van der Waals surface area (Å²) in [5, 5.41) is 10.2. The SMILES string of the molecule is C=CCc1cc(CN2CC3CN(CCC)CC3(CO)C2)cc(OC)c1OCC. The van der Waals surface area contributed by atoms with Gasteiger partial charge in [0.1, 0.15) is 0 Å². The summed E-state index contributed by atoms with van der Waals surface area (Å²) in [5.41, 5.74) is 2.39. The standard InChI is InChI=1S/C23H36N2O3/c1-5-8-19-10-18(11-21(27-4)22(19)28-7-3)12-25-14-20-13-24(9-6-2)15-23(20,16-25)17-26/h5,10-11,20,26H,1,6-9,12-17H2,2-4H3. The van der Waals surface area contributed by atoms with Gasteiger partial charge in [0, 0.05) is 43.7 Å². The molecule has 2 atom stereocenters. The van der Waals surface area contributed by atoms with E-state index in [1.165, 1.54) is 12.0 Å². The van der Waals surface area contributed by atoms with Gasteiger partial charge in [0.05, 0.1) is 20.3 Å². The normalized spacial score (nSPS) is 25.1. The molecule has 1 aromatic carbocycles. The maximum Gasteiger partial charge on any atom is 0.164 e. The average molecular weight is 389 g/mol. The molecule has 0 aliphatic carbocycles.